The summed E-state index contributed by atoms with van der Waals surface area (Å²) in [6, 6.07) is 12.8. The molecule has 0 unspecified atom stereocenters. The Morgan fingerprint density at radius 2 is 1.96 bits per heavy atom. The average molecular weight is 351 g/mol. The molecule has 0 saturated heterocycles. The first-order valence-corrected chi connectivity index (χ1v) is 8.21. The molecule has 0 bridgehead atoms. The Labute approximate surface area is 148 Å². The fourth-order valence-electron chi connectivity index (χ4n) is 2.94. The molecule has 2 heterocycles. The van der Waals surface area contributed by atoms with Gasteiger partial charge in [-0.3, -0.25) is 4.57 Å². The van der Waals surface area contributed by atoms with Gasteiger partial charge in [-0.15, -0.1) is 0 Å². The number of aromatic nitrogens is 3. The first-order chi connectivity index (χ1) is 12.6. The zero-order valence-corrected chi connectivity index (χ0v) is 14.6. The van der Waals surface area contributed by atoms with Crippen LogP contribution in [0.25, 0.3) is 33.9 Å². The van der Waals surface area contributed by atoms with Gasteiger partial charge in [-0.05, 0) is 44.2 Å². The summed E-state index contributed by atoms with van der Waals surface area (Å²) in [5.74, 6) is 1.04. The van der Waals surface area contributed by atoms with Crippen LogP contribution in [0.15, 0.2) is 56.2 Å². The largest absolute Gasteiger partial charge is 0.496 e. The third-order valence-electron chi connectivity index (χ3n) is 4.15. The number of oxazole rings is 1. The Morgan fingerprint density at radius 3 is 2.73 bits per heavy atom. The van der Waals surface area contributed by atoms with E-state index in [1.165, 1.54) is 0 Å². The van der Waals surface area contributed by atoms with E-state index in [0.29, 0.717) is 34.2 Å². The number of ether oxygens (including phenoxy) is 1. The number of hydrogen-bond acceptors (Lipinski definition) is 6. The van der Waals surface area contributed by atoms with Crippen LogP contribution in [0.1, 0.15) is 19.9 Å². The first kappa shape index (κ1) is 16.1. The lowest BCUT2D eigenvalue weighted by atomic mass is 10.2. The smallest absolute Gasteiger partial charge is 0.420 e. The first-order valence-electron chi connectivity index (χ1n) is 8.21. The molecule has 0 aliphatic heterocycles. The molecule has 0 aliphatic rings. The molecule has 26 heavy (non-hydrogen) atoms. The number of para-hydroxylation sites is 1. The van der Waals surface area contributed by atoms with Gasteiger partial charge >= 0.3 is 5.76 Å². The van der Waals surface area contributed by atoms with Crippen molar-refractivity contribution in [2.45, 2.75) is 19.9 Å². The SMILES string of the molecule is COc1ccccc1-c1nc(-c2ccc3c(c2)oc(=O)n3C(C)C)no1. The lowest BCUT2D eigenvalue weighted by molar-refractivity contribution is 0.405. The maximum atomic E-state index is 12.0. The summed E-state index contributed by atoms with van der Waals surface area (Å²) in [7, 11) is 1.59. The van der Waals surface area contributed by atoms with Gasteiger partial charge in [0.05, 0.1) is 18.2 Å². The molecule has 4 rings (SSSR count). The van der Waals surface area contributed by atoms with Crippen molar-refractivity contribution >= 4 is 11.1 Å². The van der Waals surface area contributed by atoms with Crippen molar-refractivity contribution in [3.05, 3.63) is 53.0 Å². The summed E-state index contributed by atoms with van der Waals surface area (Å²) in [6.07, 6.45) is 0. The van der Waals surface area contributed by atoms with Gasteiger partial charge in [-0.1, -0.05) is 17.3 Å². The zero-order chi connectivity index (χ0) is 18.3. The van der Waals surface area contributed by atoms with Crippen molar-refractivity contribution in [2.75, 3.05) is 7.11 Å². The maximum Gasteiger partial charge on any atom is 0.420 e. The Hall–Kier alpha value is -3.35. The summed E-state index contributed by atoms with van der Waals surface area (Å²) in [6.45, 7) is 3.87. The van der Waals surface area contributed by atoms with Gasteiger partial charge in [0, 0.05) is 11.6 Å². The summed E-state index contributed by atoms with van der Waals surface area (Å²) in [5, 5.41) is 4.04. The van der Waals surface area contributed by atoms with Crippen LogP contribution in [0.3, 0.4) is 0 Å². The van der Waals surface area contributed by atoms with Crippen LogP contribution in [-0.4, -0.2) is 21.8 Å². The van der Waals surface area contributed by atoms with Crippen molar-refractivity contribution in [3.8, 4) is 28.6 Å². The van der Waals surface area contributed by atoms with Gasteiger partial charge in [0.15, 0.2) is 5.58 Å². The standard InChI is InChI=1S/C19H17N3O4/c1-11(2)22-14-9-8-12(10-16(14)25-19(22)23)17-20-18(26-21-17)13-6-4-5-7-15(13)24-3/h4-11H,1-3H3. The third-order valence-corrected chi connectivity index (χ3v) is 4.15. The predicted molar refractivity (Wildman–Crippen MR) is 96.1 cm³/mol. The highest BCUT2D eigenvalue weighted by molar-refractivity contribution is 5.79. The van der Waals surface area contributed by atoms with Gasteiger partial charge in [0.1, 0.15) is 5.75 Å². The van der Waals surface area contributed by atoms with E-state index in [9.17, 15) is 4.79 Å². The van der Waals surface area contributed by atoms with Crippen LogP contribution in [0.4, 0.5) is 0 Å². The van der Waals surface area contributed by atoms with Crippen LogP contribution >= 0.6 is 0 Å². The van der Waals surface area contributed by atoms with E-state index in [4.69, 9.17) is 13.7 Å². The number of benzene rings is 2. The van der Waals surface area contributed by atoms with Crippen LogP contribution in [0, 0.1) is 0 Å². The summed E-state index contributed by atoms with van der Waals surface area (Å²) in [5.41, 5.74) is 2.64. The number of methoxy groups -OCH3 is 1. The van der Waals surface area contributed by atoms with E-state index < -0.39 is 0 Å². The minimum atomic E-state index is -0.380. The molecule has 0 amide bonds. The number of hydrogen-bond donors (Lipinski definition) is 0. The number of fused-ring (bicyclic) bond motifs is 1. The average Bonchev–Trinajstić information content (AvgIpc) is 3.24. The minimum Gasteiger partial charge on any atom is -0.496 e. The molecule has 0 aliphatic carbocycles. The van der Waals surface area contributed by atoms with Crippen LogP contribution < -0.4 is 10.5 Å². The van der Waals surface area contributed by atoms with Crippen molar-refractivity contribution in [3.63, 3.8) is 0 Å². The molecule has 0 fully saturated rings. The molecule has 0 N–H and O–H groups in total. The molecule has 2 aromatic heterocycles. The fourth-order valence-corrected chi connectivity index (χ4v) is 2.94. The van der Waals surface area contributed by atoms with Crippen LogP contribution in [0.5, 0.6) is 5.75 Å². The molecule has 4 aromatic rings. The molecule has 0 spiro atoms. The second kappa shape index (κ2) is 6.18. The Morgan fingerprint density at radius 1 is 1.15 bits per heavy atom. The second-order valence-electron chi connectivity index (χ2n) is 6.14. The molecule has 7 nitrogen and oxygen atoms in total. The summed E-state index contributed by atoms with van der Waals surface area (Å²) >= 11 is 0. The van der Waals surface area contributed by atoms with E-state index in [2.05, 4.69) is 10.1 Å². The molecule has 0 saturated carbocycles. The normalized spacial score (nSPS) is 11.4. The summed E-state index contributed by atoms with van der Waals surface area (Å²) in [4.78, 5) is 16.5. The van der Waals surface area contributed by atoms with E-state index in [0.717, 1.165) is 5.52 Å². The molecule has 0 atom stereocenters. The number of nitrogens with zero attached hydrogens (tertiary/aromatic N) is 3. The highest BCUT2D eigenvalue weighted by Crippen LogP contribution is 2.30. The van der Waals surface area contributed by atoms with Crippen LogP contribution in [-0.2, 0) is 0 Å². The van der Waals surface area contributed by atoms with E-state index in [1.54, 1.807) is 17.7 Å². The highest BCUT2D eigenvalue weighted by atomic mass is 16.5. The van der Waals surface area contributed by atoms with Crippen molar-refractivity contribution < 1.29 is 13.7 Å². The molecule has 2 aromatic carbocycles. The molecular formula is C19H17N3O4. The van der Waals surface area contributed by atoms with Gasteiger partial charge < -0.3 is 13.7 Å². The molecule has 0 radical (unpaired) electrons. The van der Waals surface area contributed by atoms with Gasteiger partial charge in [-0.25, -0.2) is 4.79 Å². The Bertz CT molecular complexity index is 1140. The maximum absolute atomic E-state index is 12.0. The third kappa shape index (κ3) is 2.57. The topological polar surface area (TPSA) is 83.3 Å². The fraction of sp³-hybridized carbons (Fsp3) is 0.211. The van der Waals surface area contributed by atoms with Crippen molar-refractivity contribution in [1.29, 1.82) is 0 Å². The van der Waals surface area contributed by atoms with E-state index in [-0.39, 0.29) is 11.8 Å². The quantitative estimate of drug-likeness (QED) is 0.554. The predicted octanol–water partition coefficient (Wildman–Crippen LogP) is 3.90. The van der Waals surface area contributed by atoms with Gasteiger partial charge in [0.25, 0.3) is 5.89 Å². The molecular weight excluding hydrogens is 334 g/mol. The highest BCUT2D eigenvalue weighted by Gasteiger charge is 2.17. The Balaban J connectivity index is 1.77. The molecule has 132 valence electrons. The lowest BCUT2D eigenvalue weighted by Crippen LogP contribution is -2.15. The lowest BCUT2D eigenvalue weighted by Gasteiger charge is -2.05. The summed E-state index contributed by atoms with van der Waals surface area (Å²) < 4.78 is 17.7. The second-order valence-corrected chi connectivity index (χ2v) is 6.14. The number of rotatable bonds is 4. The van der Waals surface area contributed by atoms with E-state index >= 15 is 0 Å². The molecule has 7 heteroatoms. The van der Waals surface area contributed by atoms with Crippen molar-refractivity contribution in [1.82, 2.24) is 14.7 Å². The van der Waals surface area contributed by atoms with E-state index in [1.807, 2.05) is 50.2 Å². The van der Waals surface area contributed by atoms with Crippen LogP contribution in [0.2, 0.25) is 0 Å². The van der Waals surface area contributed by atoms with Gasteiger partial charge in [0.2, 0.25) is 5.82 Å². The van der Waals surface area contributed by atoms with Gasteiger partial charge in [-0.2, -0.15) is 4.98 Å². The monoisotopic (exact) mass is 351 g/mol. The Kier molecular flexibility index (Phi) is 3.84. The van der Waals surface area contributed by atoms with Crippen molar-refractivity contribution in [2.24, 2.45) is 0 Å². The minimum absolute atomic E-state index is 0.0110. The zero-order valence-electron chi connectivity index (χ0n) is 14.6.